The van der Waals surface area contributed by atoms with Crippen molar-refractivity contribution in [3.05, 3.63) is 65.8 Å². The van der Waals surface area contributed by atoms with E-state index in [1.807, 2.05) is 18.2 Å². The third kappa shape index (κ3) is 4.55. The fourth-order valence-corrected chi connectivity index (χ4v) is 2.67. The van der Waals surface area contributed by atoms with Gasteiger partial charge in [-0.3, -0.25) is 4.79 Å². The van der Waals surface area contributed by atoms with Crippen LogP contribution in [-0.4, -0.2) is 42.9 Å². The maximum absolute atomic E-state index is 12.0. The van der Waals surface area contributed by atoms with Gasteiger partial charge in [-0.2, -0.15) is 4.98 Å². The lowest BCUT2D eigenvalue weighted by molar-refractivity contribution is -0.123. The summed E-state index contributed by atoms with van der Waals surface area (Å²) in [4.78, 5) is 16.3. The molecule has 146 valence electrons. The largest absolute Gasteiger partial charge is 0.484 e. The molecule has 0 fully saturated rings. The van der Waals surface area contributed by atoms with Crippen molar-refractivity contribution in [2.45, 2.75) is 6.54 Å². The second-order valence-electron chi connectivity index (χ2n) is 5.81. The molecular formula is C18H14ClN7O3. The Labute approximate surface area is 169 Å². The Morgan fingerprint density at radius 1 is 1.21 bits per heavy atom. The van der Waals surface area contributed by atoms with E-state index < -0.39 is 0 Å². The summed E-state index contributed by atoms with van der Waals surface area (Å²) in [6.45, 7) is -0.102. The monoisotopic (exact) mass is 411 g/mol. The maximum Gasteiger partial charge on any atom is 0.258 e. The molecule has 0 saturated carbocycles. The van der Waals surface area contributed by atoms with Crippen molar-refractivity contribution >= 4 is 17.5 Å². The molecule has 0 aliphatic rings. The molecule has 11 heteroatoms. The molecule has 0 spiro atoms. The SMILES string of the molecule is O=C(COc1cccc(-n2cnnn2)c1)NCc1nc(-c2ccccc2Cl)no1. The van der Waals surface area contributed by atoms with E-state index in [0.29, 0.717) is 27.8 Å². The first-order valence-electron chi connectivity index (χ1n) is 8.49. The molecule has 29 heavy (non-hydrogen) atoms. The molecule has 2 heterocycles. The molecule has 0 aliphatic heterocycles. The van der Waals surface area contributed by atoms with Gasteiger partial charge in [0.2, 0.25) is 11.7 Å². The number of carbonyl (C=O) groups excluding carboxylic acids is 1. The number of ether oxygens (including phenoxy) is 1. The third-order valence-electron chi connectivity index (χ3n) is 3.82. The van der Waals surface area contributed by atoms with Gasteiger partial charge in [0.15, 0.2) is 6.61 Å². The van der Waals surface area contributed by atoms with Crippen molar-refractivity contribution in [2.75, 3.05) is 6.61 Å². The van der Waals surface area contributed by atoms with E-state index in [4.69, 9.17) is 20.9 Å². The van der Waals surface area contributed by atoms with Gasteiger partial charge in [-0.1, -0.05) is 35.0 Å². The van der Waals surface area contributed by atoms with E-state index in [2.05, 4.69) is 31.0 Å². The van der Waals surface area contributed by atoms with Gasteiger partial charge in [0.25, 0.3) is 5.91 Å². The minimum atomic E-state index is -0.338. The highest BCUT2D eigenvalue weighted by Crippen LogP contribution is 2.24. The van der Waals surface area contributed by atoms with Crippen LogP contribution in [0.5, 0.6) is 5.75 Å². The molecule has 1 amide bonds. The number of benzene rings is 2. The predicted molar refractivity (Wildman–Crippen MR) is 101 cm³/mol. The van der Waals surface area contributed by atoms with Crippen LogP contribution in [-0.2, 0) is 11.3 Å². The van der Waals surface area contributed by atoms with E-state index in [9.17, 15) is 4.79 Å². The summed E-state index contributed by atoms with van der Waals surface area (Å²) < 4.78 is 12.1. The zero-order valence-corrected chi connectivity index (χ0v) is 15.7. The van der Waals surface area contributed by atoms with Gasteiger partial charge in [-0.05, 0) is 34.7 Å². The van der Waals surface area contributed by atoms with Crippen molar-refractivity contribution in [1.29, 1.82) is 0 Å². The van der Waals surface area contributed by atoms with E-state index in [-0.39, 0.29) is 24.9 Å². The number of halogens is 1. The highest BCUT2D eigenvalue weighted by Gasteiger charge is 2.12. The van der Waals surface area contributed by atoms with Gasteiger partial charge < -0.3 is 14.6 Å². The zero-order valence-electron chi connectivity index (χ0n) is 14.9. The number of rotatable bonds is 7. The number of nitrogens with one attached hydrogen (secondary N) is 1. The molecule has 0 radical (unpaired) electrons. The van der Waals surface area contributed by atoms with Crippen LogP contribution < -0.4 is 10.1 Å². The second kappa shape index (κ2) is 8.48. The van der Waals surface area contributed by atoms with Crippen LogP contribution in [0.3, 0.4) is 0 Å². The molecule has 2 aromatic carbocycles. The Balaban J connectivity index is 1.30. The first-order chi connectivity index (χ1) is 14.2. The number of amides is 1. The highest BCUT2D eigenvalue weighted by atomic mass is 35.5. The number of hydrogen-bond donors (Lipinski definition) is 1. The van der Waals surface area contributed by atoms with Crippen LogP contribution >= 0.6 is 11.6 Å². The number of tetrazole rings is 1. The molecule has 4 aromatic rings. The van der Waals surface area contributed by atoms with Crippen LogP contribution in [0.25, 0.3) is 17.1 Å². The molecular weight excluding hydrogens is 398 g/mol. The lowest BCUT2D eigenvalue weighted by atomic mass is 10.2. The van der Waals surface area contributed by atoms with E-state index in [0.717, 1.165) is 0 Å². The standard InChI is InChI=1S/C18H14ClN7O3/c19-15-7-2-1-6-14(15)18-22-17(29-23-18)9-20-16(27)10-28-13-5-3-4-12(8-13)26-11-21-24-25-26/h1-8,11H,9-10H2,(H,20,27). The predicted octanol–water partition coefficient (Wildman–Crippen LogP) is 2.06. The Hall–Kier alpha value is -3.79. The molecule has 1 N–H and O–H groups in total. The van der Waals surface area contributed by atoms with E-state index in [1.165, 1.54) is 11.0 Å². The number of nitrogens with zero attached hydrogens (tertiary/aromatic N) is 6. The summed E-state index contributed by atoms with van der Waals surface area (Å²) in [5, 5.41) is 18.0. The fraction of sp³-hybridized carbons (Fsp3) is 0.111. The van der Waals surface area contributed by atoms with Crippen LogP contribution in [0.4, 0.5) is 0 Å². The lowest BCUT2D eigenvalue weighted by Gasteiger charge is -2.07. The van der Waals surface area contributed by atoms with Gasteiger partial charge in [0.1, 0.15) is 12.1 Å². The minimum Gasteiger partial charge on any atom is -0.484 e. The van der Waals surface area contributed by atoms with Gasteiger partial charge in [-0.25, -0.2) is 4.68 Å². The summed E-state index contributed by atoms with van der Waals surface area (Å²) in [5.41, 5.74) is 1.37. The van der Waals surface area contributed by atoms with E-state index in [1.54, 1.807) is 30.3 Å². The van der Waals surface area contributed by atoms with Crippen molar-refractivity contribution in [3.63, 3.8) is 0 Å². The third-order valence-corrected chi connectivity index (χ3v) is 4.15. The summed E-state index contributed by atoms with van der Waals surface area (Å²) in [6.07, 6.45) is 1.47. The normalized spacial score (nSPS) is 10.7. The van der Waals surface area contributed by atoms with Gasteiger partial charge in [0, 0.05) is 11.6 Å². The van der Waals surface area contributed by atoms with Crippen LogP contribution in [0.15, 0.2) is 59.4 Å². The molecule has 2 aromatic heterocycles. The molecule has 0 atom stereocenters. The average molecular weight is 412 g/mol. The molecule has 0 bridgehead atoms. The molecule has 4 rings (SSSR count). The van der Waals surface area contributed by atoms with Crippen molar-refractivity contribution in [1.82, 2.24) is 35.7 Å². The molecule has 10 nitrogen and oxygen atoms in total. The van der Waals surface area contributed by atoms with Gasteiger partial charge in [-0.15, -0.1) is 5.10 Å². The van der Waals surface area contributed by atoms with E-state index >= 15 is 0 Å². The van der Waals surface area contributed by atoms with Crippen molar-refractivity contribution in [2.24, 2.45) is 0 Å². The Morgan fingerprint density at radius 3 is 2.93 bits per heavy atom. The maximum atomic E-state index is 12.0. The van der Waals surface area contributed by atoms with Crippen LogP contribution in [0, 0.1) is 0 Å². The molecule has 0 aliphatic carbocycles. The fourth-order valence-electron chi connectivity index (χ4n) is 2.45. The quantitative estimate of drug-likeness (QED) is 0.490. The van der Waals surface area contributed by atoms with Crippen molar-refractivity contribution in [3.8, 4) is 22.8 Å². The van der Waals surface area contributed by atoms with Crippen LogP contribution in [0.1, 0.15) is 5.89 Å². The first kappa shape index (κ1) is 18.6. The summed E-state index contributed by atoms with van der Waals surface area (Å²) in [5.74, 6) is 0.784. The number of carbonyl (C=O) groups is 1. The summed E-state index contributed by atoms with van der Waals surface area (Å²) in [7, 11) is 0. The van der Waals surface area contributed by atoms with Gasteiger partial charge >= 0.3 is 0 Å². The minimum absolute atomic E-state index is 0.0737. The zero-order chi connectivity index (χ0) is 20.1. The lowest BCUT2D eigenvalue weighted by Crippen LogP contribution is -2.28. The molecule has 0 unspecified atom stereocenters. The topological polar surface area (TPSA) is 121 Å². The average Bonchev–Trinajstić information content (AvgIpc) is 3.44. The summed E-state index contributed by atoms with van der Waals surface area (Å²) >= 11 is 6.12. The van der Waals surface area contributed by atoms with Crippen LogP contribution in [0.2, 0.25) is 5.02 Å². The Kier molecular flexibility index (Phi) is 5.43. The Morgan fingerprint density at radius 2 is 2.10 bits per heavy atom. The van der Waals surface area contributed by atoms with Gasteiger partial charge in [0.05, 0.1) is 17.3 Å². The smallest absolute Gasteiger partial charge is 0.258 e. The Bertz CT molecular complexity index is 1110. The highest BCUT2D eigenvalue weighted by molar-refractivity contribution is 6.33. The number of aromatic nitrogens is 6. The molecule has 0 saturated heterocycles. The first-order valence-corrected chi connectivity index (χ1v) is 8.87. The summed E-state index contributed by atoms with van der Waals surface area (Å²) in [6, 6.07) is 14.2. The number of hydrogen-bond acceptors (Lipinski definition) is 8. The van der Waals surface area contributed by atoms with Crippen molar-refractivity contribution < 1.29 is 14.1 Å². The second-order valence-corrected chi connectivity index (χ2v) is 6.22.